The van der Waals surface area contributed by atoms with Crippen molar-refractivity contribution in [2.24, 2.45) is 11.3 Å². The van der Waals surface area contributed by atoms with E-state index in [4.69, 9.17) is 18.9 Å². The Labute approximate surface area is 168 Å². The van der Waals surface area contributed by atoms with Crippen molar-refractivity contribution in [1.29, 1.82) is 0 Å². The summed E-state index contributed by atoms with van der Waals surface area (Å²) in [6, 6.07) is 0. The Morgan fingerprint density at radius 2 is 1.33 bits per heavy atom. The molecule has 1 heterocycles. The van der Waals surface area contributed by atoms with Crippen molar-refractivity contribution in [1.82, 2.24) is 0 Å². The Morgan fingerprint density at radius 1 is 0.778 bits per heavy atom. The van der Waals surface area contributed by atoms with E-state index in [9.17, 15) is 0 Å². The normalized spacial score (nSPS) is 17.7. The van der Waals surface area contributed by atoms with Crippen molar-refractivity contribution in [2.75, 3.05) is 33.0 Å². The average molecular weight is 387 g/mol. The molecule has 1 aliphatic rings. The van der Waals surface area contributed by atoms with Crippen LogP contribution in [0.5, 0.6) is 0 Å². The molecule has 4 heteroatoms. The predicted octanol–water partition coefficient (Wildman–Crippen LogP) is 6.32. The van der Waals surface area contributed by atoms with Crippen LogP contribution < -0.4 is 0 Å². The van der Waals surface area contributed by atoms with E-state index in [2.05, 4.69) is 13.8 Å². The van der Waals surface area contributed by atoms with Crippen LogP contribution in [0.1, 0.15) is 98.8 Å². The molecule has 0 bridgehead atoms. The van der Waals surface area contributed by atoms with Gasteiger partial charge in [0.2, 0.25) is 0 Å². The monoisotopic (exact) mass is 386 g/mol. The van der Waals surface area contributed by atoms with Gasteiger partial charge in [-0.3, -0.25) is 0 Å². The maximum absolute atomic E-state index is 6.14. The summed E-state index contributed by atoms with van der Waals surface area (Å²) in [5.41, 5.74) is 0.357. The van der Waals surface area contributed by atoms with Crippen LogP contribution in [0.3, 0.4) is 0 Å². The summed E-state index contributed by atoms with van der Waals surface area (Å²) in [5.74, 6) is -0.617. The Hall–Kier alpha value is -0.160. The van der Waals surface area contributed by atoms with E-state index in [1.54, 1.807) is 0 Å². The standard InChI is InChI=1S/C23H46O4/c1-6-11-12-13-14-15-16-21(17-18-22(7-2)19-24-20-22)23(25-8-3,26-9-4)27-10-5/h21H,6-20H2,1-5H3. The molecule has 0 aromatic heterocycles. The quantitative estimate of drug-likeness (QED) is 0.204. The highest BCUT2D eigenvalue weighted by Gasteiger charge is 2.44. The molecule has 0 aliphatic carbocycles. The number of unbranched alkanes of at least 4 members (excludes halogenated alkanes) is 5. The van der Waals surface area contributed by atoms with Gasteiger partial charge in [-0.15, -0.1) is 0 Å². The van der Waals surface area contributed by atoms with Crippen LogP contribution in [0, 0.1) is 11.3 Å². The molecule has 1 unspecified atom stereocenters. The first-order valence-corrected chi connectivity index (χ1v) is 11.6. The maximum Gasteiger partial charge on any atom is 0.285 e. The lowest BCUT2D eigenvalue weighted by atomic mass is 9.76. The second kappa shape index (κ2) is 13.9. The van der Waals surface area contributed by atoms with Crippen LogP contribution in [0.15, 0.2) is 0 Å². The van der Waals surface area contributed by atoms with Crippen molar-refractivity contribution in [3.63, 3.8) is 0 Å². The van der Waals surface area contributed by atoms with Crippen molar-refractivity contribution in [3.05, 3.63) is 0 Å². The molecule has 4 nitrogen and oxygen atoms in total. The smallest absolute Gasteiger partial charge is 0.285 e. The number of ether oxygens (including phenoxy) is 4. The molecule has 0 spiro atoms. The fraction of sp³-hybridized carbons (Fsp3) is 1.00. The molecule has 0 aromatic rings. The van der Waals surface area contributed by atoms with Gasteiger partial charge in [0.1, 0.15) is 0 Å². The van der Waals surface area contributed by atoms with Crippen LogP contribution in [0.4, 0.5) is 0 Å². The summed E-state index contributed by atoms with van der Waals surface area (Å²) in [6.45, 7) is 14.3. The molecule has 0 saturated carbocycles. The molecule has 1 saturated heterocycles. The summed E-state index contributed by atoms with van der Waals surface area (Å²) < 4.78 is 24.0. The highest BCUT2D eigenvalue weighted by molar-refractivity contribution is 4.86. The fourth-order valence-corrected chi connectivity index (χ4v) is 4.15. The van der Waals surface area contributed by atoms with Crippen LogP contribution >= 0.6 is 0 Å². The fourth-order valence-electron chi connectivity index (χ4n) is 4.15. The van der Waals surface area contributed by atoms with Gasteiger partial charge >= 0.3 is 0 Å². The molecule has 0 amide bonds. The van der Waals surface area contributed by atoms with Crippen LogP contribution in [0.2, 0.25) is 0 Å². The molecule has 0 aromatic carbocycles. The van der Waals surface area contributed by atoms with E-state index >= 15 is 0 Å². The van der Waals surface area contributed by atoms with Gasteiger partial charge in [-0.25, -0.2) is 0 Å². The SMILES string of the molecule is CCCCCCCCC(CCC1(CC)COC1)C(OCC)(OCC)OCC. The van der Waals surface area contributed by atoms with Gasteiger partial charge in [0.25, 0.3) is 5.97 Å². The van der Waals surface area contributed by atoms with E-state index in [1.807, 2.05) is 20.8 Å². The first-order valence-electron chi connectivity index (χ1n) is 11.6. The third-order valence-corrected chi connectivity index (χ3v) is 6.03. The largest absolute Gasteiger partial charge is 0.380 e. The molecule has 1 fully saturated rings. The lowest BCUT2D eigenvalue weighted by Crippen LogP contribution is -2.48. The van der Waals surface area contributed by atoms with Gasteiger partial charge in [-0.2, -0.15) is 0 Å². The summed E-state index contributed by atoms with van der Waals surface area (Å²) in [5, 5.41) is 0. The zero-order valence-electron chi connectivity index (χ0n) is 18.8. The third kappa shape index (κ3) is 8.00. The van der Waals surface area contributed by atoms with E-state index in [0.29, 0.717) is 25.2 Å². The number of rotatable bonds is 18. The maximum atomic E-state index is 6.14. The summed E-state index contributed by atoms with van der Waals surface area (Å²) in [4.78, 5) is 0. The van der Waals surface area contributed by atoms with E-state index in [1.165, 1.54) is 51.4 Å². The van der Waals surface area contributed by atoms with Gasteiger partial charge in [-0.1, -0.05) is 52.4 Å². The minimum absolute atomic E-state index is 0.271. The van der Waals surface area contributed by atoms with Crippen molar-refractivity contribution >= 4 is 0 Å². The molecular formula is C23H46O4. The summed E-state index contributed by atoms with van der Waals surface area (Å²) >= 11 is 0. The molecule has 0 N–H and O–H groups in total. The zero-order chi connectivity index (χ0) is 20.0. The van der Waals surface area contributed by atoms with E-state index in [0.717, 1.165) is 26.1 Å². The van der Waals surface area contributed by atoms with Gasteiger partial charge < -0.3 is 18.9 Å². The third-order valence-electron chi connectivity index (χ3n) is 6.03. The Morgan fingerprint density at radius 3 is 1.78 bits per heavy atom. The molecule has 1 rings (SSSR count). The highest BCUT2D eigenvalue weighted by atomic mass is 16.9. The summed E-state index contributed by atoms with van der Waals surface area (Å²) in [7, 11) is 0. The van der Waals surface area contributed by atoms with Crippen LogP contribution in [-0.4, -0.2) is 39.0 Å². The van der Waals surface area contributed by atoms with E-state index in [-0.39, 0.29) is 5.92 Å². The van der Waals surface area contributed by atoms with Crippen molar-refractivity contribution in [2.45, 2.75) is 105 Å². The Balaban J connectivity index is 2.74. The van der Waals surface area contributed by atoms with Crippen molar-refractivity contribution in [3.8, 4) is 0 Å². The minimum atomic E-state index is -0.888. The number of hydrogen-bond donors (Lipinski definition) is 0. The minimum Gasteiger partial charge on any atom is -0.380 e. The Kier molecular flexibility index (Phi) is 12.8. The Bertz CT molecular complexity index is 332. The lowest BCUT2D eigenvalue weighted by molar-refractivity contribution is -0.404. The molecule has 27 heavy (non-hydrogen) atoms. The molecule has 162 valence electrons. The predicted molar refractivity (Wildman–Crippen MR) is 112 cm³/mol. The van der Waals surface area contributed by atoms with Gasteiger partial charge in [-0.05, 0) is 46.5 Å². The molecule has 0 radical (unpaired) electrons. The molecular weight excluding hydrogens is 340 g/mol. The first kappa shape index (κ1) is 24.9. The van der Waals surface area contributed by atoms with Crippen molar-refractivity contribution < 1.29 is 18.9 Å². The number of hydrogen-bond acceptors (Lipinski definition) is 4. The topological polar surface area (TPSA) is 36.9 Å². The van der Waals surface area contributed by atoms with E-state index < -0.39 is 5.97 Å². The zero-order valence-corrected chi connectivity index (χ0v) is 18.8. The highest BCUT2D eigenvalue weighted by Crippen LogP contribution is 2.41. The lowest BCUT2D eigenvalue weighted by Gasteiger charge is -2.44. The van der Waals surface area contributed by atoms with Gasteiger partial charge in [0, 0.05) is 31.2 Å². The molecule has 1 aliphatic heterocycles. The molecule has 1 atom stereocenters. The second-order valence-electron chi connectivity index (χ2n) is 8.04. The van der Waals surface area contributed by atoms with Crippen LogP contribution in [0.25, 0.3) is 0 Å². The van der Waals surface area contributed by atoms with Crippen LogP contribution in [-0.2, 0) is 18.9 Å². The average Bonchev–Trinajstić information content (AvgIpc) is 2.62. The van der Waals surface area contributed by atoms with Gasteiger partial charge in [0.05, 0.1) is 13.2 Å². The second-order valence-corrected chi connectivity index (χ2v) is 8.04. The summed E-state index contributed by atoms with van der Waals surface area (Å²) in [6.07, 6.45) is 12.4. The van der Waals surface area contributed by atoms with Gasteiger partial charge in [0.15, 0.2) is 0 Å². The first-order chi connectivity index (χ1) is 13.1.